The largest absolute Gasteiger partial charge is 0.384 e. The Morgan fingerprint density at radius 3 is 1.82 bits per heavy atom. The third-order valence-corrected chi connectivity index (χ3v) is 11.0. The highest BCUT2D eigenvalue weighted by Crippen LogP contribution is 2.24. The molecule has 0 aromatic carbocycles. The minimum atomic E-state index is -1.25. The van der Waals surface area contributed by atoms with Crippen molar-refractivity contribution in [2.45, 2.75) is 65.2 Å². The van der Waals surface area contributed by atoms with E-state index in [-0.39, 0.29) is 0 Å². The van der Waals surface area contributed by atoms with Crippen molar-refractivity contribution in [2.75, 3.05) is 12.8 Å². The Balaban J connectivity index is 4.75. The van der Waals surface area contributed by atoms with Crippen molar-refractivity contribution in [3.63, 3.8) is 0 Å². The van der Waals surface area contributed by atoms with Crippen molar-refractivity contribution >= 4 is 26.0 Å². The molecule has 0 aliphatic heterocycles. The third kappa shape index (κ3) is 6.33. The number of hydrogen-bond acceptors (Lipinski definition) is 2. The van der Waals surface area contributed by atoms with Crippen LogP contribution in [0, 0.1) is 0 Å². The Labute approximate surface area is 113 Å². The zero-order valence-corrected chi connectivity index (χ0v) is 16.1. The summed E-state index contributed by atoms with van der Waals surface area (Å²) in [4.78, 5) is 0. The van der Waals surface area contributed by atoms with Gasteiger partial charge in [0, 0.05) is 12.3 Å². The highest BCUT2D eigenvalue weighted by Gasteiger charge is 2.38. The summed E-state index contributed by atoms with van der Waals surface area (Å²) in [7, 11) is -1.59. The third-order valence-electron chi connectivity index (χ3n) is 2.84. The van der Waals surface area contributed by atoms with E-state index in [1.807, 2.05) is 0 Å². The van der Waals surface area contributed by atoms with Gasteiger partial charge in [-0.1, -0.05) is 52.8 Å². The van der Waals surface area contributed by atoms with Crippen LogP contribution in [0.4, 0.5) is 0 Å². The van der Waals surface area contributed by atoms with E-state index in [0.29, 0.717) is 6.04 Å². The summed E-state index contributed by atoms with van der Waals surface area (Å²) < 4.78 is 8.70. The molecule has 0 amide bonds. The zero-order valence-electron chi connectivity index (χ0n) is 13.1. The van der Waals surface area contributed by atoms with E-state index < -0.39 is 16.5 Å². The molecule has 0 saturated carbocycles. The molecular formula is C12H31NOSi3. The van der Waals surface area contributed by atoms with Crippen LogP contribution in [0.1, 0.15) is 13.3 Å². The van der Waals surface area contributed by atoms with Gasteiger partial charge in [0.2, 0.25) is 0 Å². The SMILES string of the molecule is CCC(COC[Si]C)N([Si](C)(C)C)[Si](C)(C)C. The molecule has 0 rings (SSSR count). The van der Waals surface area contributed by atoms with Crippen LogP contribution in [0.3, 0.4) is 0 Å². The molecule has 0 spiro atoms. The molecule has 1 atom stereocenters. The topological polar surface area (TPSA) is 12.5 Å². The van der Waals surface area contributed by atoms with Crippen LogP contribution >= 0.6 is 0 Å². The predicted octanol–water partition coefficient (Wildman–Crippen LogP) is 3.46. The molecule has 0 aliphatic rings. The van der Waals surface area contributed by atoms with Gasteiger partial charge in [-0.3, -0.25) is 0 Å². The first-order chi connectivity index (χ1) is 7.64. The van der Waals surface area contributed by atoms with Gasteiger partial charge in [0.1, 0.15) is 16.5 Å². The average molecular weight is 290 g/mol. The summed E-state index contributed by atoms with van der Waals surface area (Å²) in [6.45, 7) is 20.2. The Hall–Kier alpha value is 0.571. The van der Waals surface area contributed by atoms with E-state index >= 15 is 0 Å². The molecule has 2 radical (unpaired) electrons. The predicted molar refractivity (Wildman–Crippen MR) is 85.0 cm³/mol. The van der Waals surface area contributed by atoms with Crippen molar-refractivity contribution in [3.05, 3.63) is 0 Å². The number of nitrogens with zero attached hydrogens (tertiary/aromatic N) is 1. The van der Waals surface area contributed by atoms with Gasteiger partial charge in [0.25, 0.3) is 0 Å². The van der Waals surface area contributed by atoms with Crippen molar-refractivity contribution in [2.24, 2.45) is 0 Å². The number of rotatable bonds is 8. The van der Waals surface area contributed by atoms with Gasteiger partial charge in [0.05, 0.1) is 16.1 Å². The molecule has 0 N–H and O–H groups in total. The molecule has 102 valence electrons. The fourth-order valence-corrected chi connectivity index (χ4v) is 13.9. The normalized spacial score (nSPS) is 15.4. The standard InChI is InChI=1S/C12H31NOSi3/c1-9-12(10-14-11-15-2)13(16(3,4)5)17(6,7)8/h12H,9-11H2,1-8H3. The second kappa shape index (κ2) is 7.23. The minimum Gasteiger partial charge on any atom is -0.384 e. The van der Waals surface area contributed by atoms with E-state index in [4.69, 9.17) is 4.74 Å². The average Bonchev–Trinajstić information content (AvgIpc) is 2.12. The molecule has 0 heterocycles. The van der Waals surface area contributed by atoms with E-state index in [9.17, 15) is 0 Å². The van der Waals surface area contributed by atoms with Crippen molar-refractivity contribution in [3.8, 4) is 0 Å². The van der Waals surface area contributed by atoms with Gasteiger partial charge in [-0.15, -0.1) is 0 Å². The van der Waals surface area contributed by atoms with Crippen LogP contribution in [0.5, 0.6) is 0 Å². The maximum Gasteiger partial charge on any atom is 0.112 e. The van der Waals surface area contributed by atoms with Gasteiger partial charge in [-0.2, -0.15) is 0 Å². The van der Waals surface area contributed by atoms with Gasteiger partial charge in [0.15, 0.2) is 0 Å². The maximum absolute atomic E-state index is 5.82. The first-order valence-electron chi connectivity index (χ1n) is 6.66. The lowest BCUT2D eigenvalue weighted by molar-refractivity contribution is 0.133. The molecule has 0 aliphatic carbocycles. The summed E-state index contributed by atoms with van der Waals surface area (Å²) in [6, 6.07) is 0.629. The van der Waals surface area contributed by atoms with Crippen LogP contribution in [-0.2, 0) is 4.74 Å². The minimum absolute atomic E-state index is 0.629. The van der Waals surface area contributed by atoms with Gasteiger partial charge in [-0.05, 0) is 6.42 Å². The second-order valence-corrected chi connectivity index (χ2v) is 17.7. The smallest absolute Gasteiger partial charge is 0.112 e. The molecule has 0 aromatic heterocycles. The lowest BCUT2D eigenvalue weighted by atomic mass is 10.3. The molecule has 17 heavy (non-hydrogen) atoms. The quantitative estimate of drug-likeness (QED) is 0.501. The van der Waals surface area contributed by atoms with E-state index in [0.717, 1.165) is 22.4 Å². The lowest BCUT2D eigenvalue weighted by Crippen LogP contribution is -2.64. The molecule has 1 unspecified atom stereocenters. The molecule has 2 nitrogen and oxygen atoms in total. The number of hydrogen-bond donors (Lipinski definition) is 0. The van der Waals surface area contributed by atoms with Crippen LogP contribution in [0.15, 0.2) is 0 Å². The summed E-state index contributed by atoms with van der Waals surface area (Å²) in [5.41, 5.74) is 0. The first kappa shape index (κ1) is 17.6. The molecular weight excluding hydrogens is 258 g/mol. The number of ether oxygens (including phenoxy) is 1. The summed E-state index contributed by atoms with van der Waals surface area (Å²) in [5, 5.41) is 0. The molecule has 0 fully saturated rings. The van der Waals surface area contributed by atoms with Gasteiger partial charge in [-0.25, -0.2) is 0 Å². The lowest BCUT2D eigenvalue weighted by Gasteiger charge is -2.48. The Morgan fingerprint density at radius 1 is 1.06 bits per heavy atom. The van der Waals surface area contributed by atoms with Crippen molar-refractivity contribution in [1.82, 2.24) is 4.23 Å². The molecule has 0 bridgehead atoms. The van der Waals surface area contributed by atoms with E-state index in [1.54, 1.807) is 0 Å². The van der Waals surface area contributed by atoms with E-state index in [1.165, 1.54) is 6.42 Å². The molecule has 5 heteroatoms. The van der Waals surface area contributed by atoms with Crippen molar-refractivity contribution in [1.29, 1.82) is 0 Å². The first-order valence-corrected chi connectivity index (χ1v) is 15.3. The van der Waals surface area contributed by atoms with Crippen LogP contribution in [-0.4, -0.2) is 49.1 Å². The maximum atomic E-state index is 5.82. The fourth-order valence-electron chi connectivity index (χ4n) is 2.77. The van der Waals surface area contributed by atoms with E-state index in [2.05, 4.69) is 57.0 Å². The summed E-state index contributed by atoms with van der Waals surface area (Å²) in [5.74, 6) is 0. The highest BCUT2D eigenvalue weighted by atomic mass is 28.4. The monoisotopic (exact) mass is 289 g/mol. The Morgan fingerprint density at radius 2 is 1.53 bits per heavy atom. The fraction of sp³-hybridized carbons (Fsp3) is 1.00. The second-order valence-electron chi connectivity index (χ2n) is 6.64. The van der Waals surface area contributed by atoms with Crippen LogP contribution < -0.4 is 0 Å². The zero-order chi connectivity index (χ0) is 13.7. The summed E-state index contributed by atoms with van der Waals surface area (Å²) >= 11 is 0. The van der Waals surface area contributed by atoms with Gasteiger partial charge >= 0.3 is 0 Å². The highest BCUT2D eigenvalue weighted by molar-refractivity contribution is 6.89. The van der Waals surface area contributed by atoms with Crippen LogP contribution in [0.2, 0.25) is 45.8 Å². The van der Waals surface area contributed by atoms with Gasteiger partial charge < -0.3 is 8.97 Å². The molecule has 0 saturated heterocycles. The van der Waals surface area contributed by atoms with Crippen LogP contribution in [0.25, 0.3) is 0 Å². The van der Waals surface area contributed by atoms with Crippen molar-refractivity contribution < 1.29 is 4.74 Å². The molecule has 0 aromatic rings. The Bertz CT molecular complexity index is 197. The summed E-state index contributed by atoms with van der Waals surface area (Å²) in [6.07, 6.45) is 2.14. The Kier molecular flexibility index (Phi) is 7.47.